The zero-order valence-corrected chi connectivity index (χ0v) is 9.44. The molecule has 0 unspecified atom stereocenters. The zero-order valence-electron chi connectivity index (χ0n) is 9.44. The maximum absolute atomic E-state index is 4.36. The second-order valence-electron chi connectivity index (χ2n) is 3.47. The summed E-state index contributed by atoms with van der Waals surface area (Å²) in [4.78, 5) is 8.59. The van der Waals surface area contributed by atoms with E-state index in [1.165, 1.54) is 0 Å². The molecule has 84 valence electrons. The van der Waals surface area contributed by atoms with Crippen LogP contribution in [0.2, 0.25) is 0 Å². The fourth-order valence-electron chi connectivity index (χ4n) is 1.41. The smallest absolute Gasteiger partial charge is 0.128 e. The Bertz CT molecular complexity index is 463. The number of nitrogens with zero attached hydrogens (tertiary/aromatic N) is 3. The van der Waals surface area contributed by atoms with E-state index in [1.54, 1.807) is 6.20 Å². The number of pyridine rings is 1. The van der Waals surface area contributed by atoms with Crippen LogP contribution >= 0.6 is 0 Å². The fraction of sp³-hybridized carbons (Fsp3) is 0.273. The van der Waals surface area contributed by atoms with Crippen LogP contribution in [-0.2, 0) is 13.6 Å². The van der Waals surface area contributed by atoms with E-state index >= 15 is 0 Å². The van der Waals surface area contributed by atoms with Gasteiger partial charge in [-0.3, -0.25) is 0 Å². The summed E-state index contributed by atoms with van der Waals surface area (Å²) in [6.45, 7) is 0.670. The molecule has 2 aromatic rings. The van der Waals surface area contributed by atoms with Gasteiger partial charge in [-0.05, 0) is 12.1 Å². The van der Waals surface area contributed by atoms with Crippen LogP contribution in [0.4, 0.5) is 11.6 Å². The molecule has 5 heteroatoms. The van der Waals surface area contributed by atoms with E-state index in [-0.39, 0.29) is 0 Å². The monoisotopic (exact) mass is 217 g/mol. The second-order valence-corrected chi connectivity index (χ2v) is 3.47. The van der Waals surface area contributed by atoms with E-state index < -0.39 is 0 Å². The minimum Gasteiger partial charge on any atom is -0.373 e. The van der Waals surface area contributed by atoms with Gasteiger partial charge in [0.1, 0.15) is 17.5 Å². The number of nitrogens with one attached hydrogen (secondary N) is 2. The summed E-state index contributed by atoms with van der Waals surface area (Å²) in [5.74, 6) is 2.68. The molecule has 0 aliphatic rings. The van der Waals surface area contributed by atoms with Crippen molar-refractivity contribution in [1.29, 1.82) is 0 Å². The highest BCUT2D eigenvalue weighted by atomic mass is 15.1. The van der Waals surface area contributed by atoms with Crippen LogP contribution in [-0.4, -0.2) is 21.6 Å². The number of aryl methyl sites for hydroxylation is 1. The quantitative estimate of drug-likeness (QED) is 0.814. The minimum absolute atomic E-state index is 0.670. The Labute approximate surface area is 94.5 Å². The van der Waals surface area contributed by atoms with E-state index in [9.17, 15) is 0 Å². The van der Waals surface area contributed by atoms with Gasteiger partial charge < -0.3 is 15.2 Å². The van der Waals surface area contributed by atoms with E-state index in [4.69, 9.17) is 0 Å². The first-order chi connectivity index (χ1) is 7.79. The molecule has 2 aromatic heterocycles. The molecule has 5 nitrogen and oxygen atoms in total. The number of imidazole rings is 1. The highest BCUT2D eigenvalue weighted by Crippen LogP contribution is 2.09. The first-order valence-electron chi connectivity index (χ1n) is 5.14. The summed E-state index contributed by atoms with van der Waals surface area (Å²) in [7, 11) is 3.83. The molecule has 0 aromatic carbocycles. The number of hydrogen-bond acceptors (Lipinski definition) is 4. The van der Waals surface area contributed by atoms with Crippen molar-refractivity contribution in [3.63, 3.8) is 0 Å². The molecule has 0 aliphatic carbocycles. The van der Waals surface area contributed by atoms with Crippen LogP contribution < -0.4 is 10.6 Å². The van der Waals surface area contributed by atoms with Crippen LogP contribution in [0.1, 0.15) is 5.82 Å². The first-order valence-corrected chi connectivity index (χ1v) is 5.14. The number of hydrogen-bond donors (Lipinski definition) is 2. The van der Waals surface area contributed by atoms with E-state index in [0.717, 1.165) is 17.5 Å². The Hall–Kier alpha value is -2.04. The molecular weight excluding hydrogens is 202 g/mol. The van der Waals surface area contributed by atoms with Gasteiger partial charge in [0.05, 0.1) is 6.54 Å². The average molecular weight is 217 g/mol. The first kappa shape index (κ1) is 10.5. The van der Waals surface area contributed by atoms with Gasteiger partial charge in [0, 0.05) is 26.5 Å². The van der Waals surface area contributed by atoms with Gasteiger partial charge in [0.2, 0.25) is 0 Å². The molecule has 0 radical (unpaired) electrons. The van der Waals surface area contributed by atoms with Crippen molar-refractivity contribution in [1.82, 2.24) is 14.5 Å². The highest BCUT2D eigenvalue weighted by Gasteiger charge is 2.00. The standard InChI is InChI=1S/C11H15N5/c1-12-9-4-3-5-10(15-9)14-8-11-13-6-7-16(11)2/h3-7H,8H2,1-2H3,(H2,12,14,15). The summed E-state index contributed by atoms with van der Waals surface area (Å²) in [6, 6.07) is 5.81. The Morgan fingerprint density at radius 2 is 2.12 bits per heavy atom. The van der Waals surface area contributed by atoms with Crippen molar-refractivity contribution < 1.29 is 0 Å². The molecular formula is C11H15N5. The van der Waals surface area contributed by atoms with Crippen LogP contribution in [0, 0.1) is 0 Å². The van der Waals surface area contributed by atoms with E-state index in [1.807, 2.05) is 43.1 Å². The summed E-state index contributed by atoms with van der Waals surface area (Å²) in [5.41, 5.74) is 0. The van der Waals surface area contributed by atoms with Crippen LogP contribution in [0.15, 0.2) is 30.6 Å². The molecule has 0 fully saturated rings. The van der Waals surface area contributed by atoms with E-state index in [0.29, 0.717) is 6.54 Å². The summed E-state index contributed by atoms with van der Waals surface area (Å²) in [6.07, 6.45) is 3.71. The number of anilines is 2. The maximum Gasteiger partial charge on any atom is 0.128 e. The third-order valence-corrected chi connectivity index (χ3v) is 2.35. The van der Waals surface area contributed by atoms with Crippen molar-refractivity contribution in [3.05, 3.63) is 36.4 Å². The molecule has 0 saturated carbocycles. The Morgan fingerprint density at radius 1 is 1.31 bits per heavy atom. The summed E-state index contributed by atoms with van der Waals surface area (Å²) < 4.78 is 1.98. The van der Waals surface area contributed by atoms with Gasteiger partial charge in [-0.1, -0.05) is 6.07 Å². The molecule has 2 N–H and O–H groups in total. The molecule has 0 amide bonds. The van der Waals surface area contributed by atoms with Gasteiger partial charge >= 0.3 is 0 Å². The summed E-state index contributed by atoms with van der Waals surface area (Å²) in [5, 5.41) is 6.23. The van der Waals surface area contributed by atoms with Gasteiger partial charge in [0.15, 0.2) is 0 Å². The molecule has 0 spiro atoms. The van der Waals surface area contributed by atoms with Gasteiger partial charge in [-0.15, -0.1) is 0 Å². The molecule has 0 saturated heterocycles. The summed E-state index contributed by atoms with van der Waals surface area (Å²) >= 11 is 0. The predicted octanol–water partition coefficient (Wildman–Crippen LogP) is 1.47. The SMILES string of the molecule is CNc1cccc(NCc2nccn2C)n1. The van der Waals surface area contributed by atoms with Gasteiger partial charge in [0.25, 0.3) is 0 Å². The van der Waals surface area contributed by atoms with Crippen LogP contribution in [0.3, 0.4) is 0 Å². The topological polar surface area (TPSA) is 54.8 Å². The maximum atomic E-state index is 4.36. The average Bonchev–Trinajstić information content (AvgIpc) is 2.72. The number of rotatable bonds is 4. The lowest BCUT2D eigenvalue weighted by molar-refractivity contribution is 0.811. The van der Waals surface area contributed by atoms with E-state index in [2.05, 4.69) is 20.6 Å². The minimum atomic E-state index is 0.670. The van der Waals surface area contributed by atoms with Gasteiger partial charge in [-0.25, -0.2) is 9.97 Å². The largest absolute Gasteiger partial charge is 0.373 e. The van der Waals surface area contributed by atoms with Crippen LogP contribution in [0.25, 0.3) is 0 Å². The third kappa shape index (κ3) is 2.31. The van der Waals surface area contributed by atoms with Crippen molar-refractivity contribution in [3.8, 4) is 0 Å². The molecule has 2 heterocycles. The second kappa shape index (κ2) is 4.65. The molecule has 0 aliphatic heterocycles. The lowest BCUT2D eigenvalue weighted by Crippen LogP contribution is -2.07. The van der Waals surface area contributed by atoms with Crippen LogP contribution in [0.5, 0.6) is 0 Å². The Morgan fingerprint density at radius 3 is 2.81 bits per heavy atom. The van der Waals surface area contributed by atoms with Crippen molar-refractivity contribution in [2.24, 2.45) is 7.05 Å². The predicted molar refractivity (Wildman–Crippen MR) is 64.3 cm³/mol. The lowest BCUT2D eigenvalue weighted by Gasteiger charge is -2.07. The van der Waals surface area contributed by atoms with Crippen molar-refractivity contribution in [2.75, 3.05) is 17.7 Å². The molecule has 0 bridgehead atoms. The highest BCUT2D eigenvalue weighted by molar-refractivity contribution is 5.44. The number of aromatic nitrogens is 3. The Kier molecular flexibility index (Phi) is 3.05. The van der Waals surface area contributed by atoms with Crippen molar-refractivity contribution >= 4 is 11.6 Å². The normalized spacial score (nSPS) is 10.1. The van der Waals surface area contributed by atoms with Gasteiger partial charge in [-0.2, -0.15) is 0 Å². The van der Waals surface area contributed by atoms with Crippen molar-refractivity contribution in [2.45, 2.75) is 6.54 Å². The zero-order chi connectivity index (χ0) is 11.4. The fourth-order valence-corrected chi connectivity index (χ4v) is 1.41. The molecule has 2 rings (SSSR count). The molecule has 0 atom stereocenters. The Balaban J connectivity index is 2.02. The lowest BCUT2D eigenvalue weighted by atomic mass is 10.4. The molecule has 16 heavy (non-hydrogen) atoms. The third-order valence-electron chi connectivity index (χ3n) is 2.35.